The average molecular weight is 212 g/mol. The zero-order valence-electron chi connectivity index (χ0n) is 7.00. The summed E-state index contributed by atoms with van der Waals surface area (Å²) < 4.78 is 36.6. The summed E-state index contributed by atoms with van der Waals surface area (Å²) in [5, 5.41) is 1.90. The van der Waals surface area contributed by atoms with Gasteiger partial charge in [0, 0.05) is 17.8 Å². The number of rotatable bonds is 3. The van der Waals surface area contributed by atoms with E-state index in [2.05, 4.69) is 18.5 Å². The second-order valence-electron chi connectivity index (χ2n) is 2.24. The Labute approximate surface area is 79.6 Å². The predicted molar refractivity (Wildman–Crippen MR) is 47.3 cm³/mol. The van der Waals surface area contributed by atoms with E-state index in [0.717, 1.165) is 6.08 Å². The van der Waals surface area contributed by atoms with Gasteiger partial charge in [-0.05, 0) is 6.08 Å². The van der Waals surface area contributed by atoms with Crippen LogP contribution in [0.3, 0.4) is 0 Å². The third-order valence-electron chi connectivity index (χ3n) is 1.24. The summed E-state index contributed by atoms with van der Waals surface area (Å²) in [6.45, 7) is 6.34. The molecular weight excluding hydrogens is 203 g/mol. The lowest BCUT2D eigenvalue weighted by atomic mass is 10.2. The van der Waals surface area contributed by atoms with Gasteiger partial charge in [-0.1, -0.05) is 24.8 Å². The number of hydrogen-bond acceptors (Lipinski definition) is 1. The first-order chi connectivity index (χ1) is 5.79. The van der Waals surface area contributed by atoms with E-state index in [1.54, 1.807) is 0 Å². The number of halogens is 4. The maximum absolute atomic E-state index is 12.2. The van der Waals surface area contributed by atoms with Gasteiger partial charge in [0.1, 0.15) is 0 Å². The summed E-state index contributed by atoms with van der Waals surface area (Å²) in [6.07, 6.45) is -3.70. The molecule has 0 aliphatic rings. The van der Waals surface area contributed by atoms with Crippen molar-refractivity contribution in [2.75, 3.05) is 7.05 Å². The van der Waals surface area contributed by atoms with E-state index in [1.807, 2.05) is 0 Å². The van der Waals surface area contributed by atoms with Crippen molar-refractivity contribution in [1.29, 1.82) is 0 Å². The minimum absolute atomic E-state index is 0.120. The molecule has 0 unspecified atom stereocenters. The first-order valence-corrected chi connectivity index (χ1v) is 3.67. The van der Waals surface area contributed by atoms with E-state index in [9.17, 15) is 13.2 Å². The van der Waals surface area contributed by atoms with Gasteiger partial charge in [-0.15, -0.1) is 0 Å². The van der Waals surface area contributed by atoms with E-state index in [1.165, 1.54) is 7.05 Å². The molecule has 0 aliphatic carbocycles. The second kappa shape index (κ2) is 4.37. The Hall–Kier alpha value is -0.900. The topological polar surface area (TPSA) is 12.0 Å². The maximum atomic E-state index is 12.2. The van der Waals surface area contributed by atoms with Crippen LogP contribution in [0.4, 0.5) is 13.2 Å². The Kier molecular flexibility index (Phi) is 4.07. The highest BCUT2D eigenvalue weighted by molar-refractivity contribution is 6.31. The van der Waals surface area contributed by atoms with E-state index < -0.39 is 16.8 Å². The van der Waals surface area contributed by atoms with Crippen molar-refractivity contribution in [3.8, 4) is 0 Å². The molecule has 0 bridgehead atoms. The van der Waals surface area contributed by atoms with E-state index >= 15 is 0 Å². The predicted octanol–water partition coefficient (Wildman–Crippen LogP) is 2.96. The molecule has 0 atom stereocenters. The molecule has 0 radical (unpaired) electrons. The highest BCUT2D eigenvalue weighted by Crippen LogP contribution is 2.32. The fourth-order valence-electron chi connectivity index (χ4n) is 0.560. The van der Waals surface area contributed by atoms with Gasteiger partial charge in [0.25, 0.3) is 0 Å². The normalized spacial score (nSPS) is 12.5. The molecule has 1 nitrogen and oxygen atoms in total. The second-order valence-corrected chi connectivity index (χ2v) is 2.69. The number of alkyl halides is 3. The highest BCUT2D eigenvalue weighted by Gasteiger charge is 2.34. The molecule has 1 N–H and O–H groups in total. The van der Waals surface area contributed by atoms with Gasteiger partial charge in [0.15, 0.2) is 0 Å². The Bertz CT molecular complexity index is 253. The zero-order valence-corrected chi connectivity index (χ0v) is 7.76. The van der Waals surface area contributed by atoms with Gasteiger partial charge in [0.05, 0.1) is 5.57 Å². The fraction of sp³-hybridized carbons (Fsp3) is 0.250. The van der Waals surface area contributed by atoms with Crippen molar-refractivity contribution in [3.63, 3.8) is 0 Å². The molecule has 13 heavy (non-hydrogen) atoms. The molecule has 0 heterocycles. The standard InChI is InChI=1S/C8H9ClF3N/c1-5(13-3)4-7(6(2)9)8(10,11)12/h4,13H,1-2H2,3H3/b7-4+. The number of allylic oxidation sites excluding steroid dienone is 3. The molecule has 0 spiro atoms. The molecule has 0 saturated heterocycles. The number of likely N-dealkylation sites (N-methyl/N-ethyl adjacent to an activating group) is 1. The van der Waals surface area contributed by atoms with Crippen molar-refractivity contribution in [2.45, 2.75) is 6.18 Å². The Balaban J connectivity index is 4.93. The first-order valence-electron chi connectivity index (χ1n) is 3.29. The molecule has 0 amide bonds. The highest BCUT2D eigenvalue weighted by atomic mass is 35.5. The van der Waals surface area contributed by atoms with Crippen LogP contribution in [0.5, 0.6) is 0 Å². The SMILES string of the molecule is C=C(/C=C(\C(=C)Cl)C(F)(F)F)NC. The van der Waals surface area contributed by atoms with E-state index in [-0.39, 0.29) is 5.70 Å². The molecule has 0 saturated carbocycles. The molecule has 0 aromatic rings. The molecule has 0 rings (SSSR count). The molecular formula is C8H9ClF3N. The Morgan fingerprint density at radius 2 is 1.85 bits per heavy atom. The maximum Gasteiger partial charge on any atom is 0.417 e. The quantitative estimate of drug-likeness (QED) is 0.708. The van der Waals surface area contributed by atoms with Gasteiger partial charge in [0.2, 0.25) is 0 Å². The van der Waals surface area contributed by atoms with Crippen molar-refractivity contribution >= 4 is 11.6 Å². The lowest BCUT2D eigenvalue weighted by molar-refractivity contribution is -0.0886. The minimum atomic E-state index is -4.50. The number of nitrogens with one attached hydrogen (secondary N) is 1. The smallest absolute Gasteiger partial charge is 0.389 e. The van der Waals surface area contributed by atoms with Crippen molar-refractivity contribution < 1.29 is 13.2 Å². The van der Waals surface area contributed by atoms with Gasteiger partial charge in [-0.3, -0.25) is 0 Å². The van der Waals surface area contributed by atoms with E-state index in [0.29, 0.717) is 0 Å². The molecule has 0 fully saturated rings. The number of hydrogen-bond donors (Lipinski definition) is 1. The van der Waals surface area contributed by atoms with Gasteiger partial charge in [-0.2, -0.15) is 13.2 Å². The summed E-state index contributed by atoms with van der Waals surface area (Å²) in [5.74, 6) is 0. The Morgan fingerprint density at radius 3 is 2.08 bits per heavy atom. The van der Waals surface area contributed by atoms with Crippen LogP contribution in [0.25, 0.3) is 0 Å². The molecule has 74 valence electrons. The molecule has 0 aromatic heterocycles. The summed E-state index contributed by atoms with van der Waals surface area (Å²) in [7, 11) is 1.46. The minimum Gasteiger partial charge on any atom is -0.389 e. The summed E-state index contributed by atoms with van der Waals surface area (Å²) in [6, 6.07) is 0. The third-order valence-corrected chi connectivity index (χ3v) is 1.44. The Morgan fingerprint density at radius 1 is 1.38 bits per heavy atom. The lowest BCUT2D eigenvalue weighted by Crippen LogP contribution is -2.14. The third kappa shape index (κ3) is 4.03. The van der Waals surface area contributed by atoms with Gasteiger partial charge in [-0.25, -0.2) is 0 Å². The monoisotopic (exact) mass is 211 g/mol. The van der Waals surface area contributed by atoms with Crippen molar-refractivity contribution in [3.05, 3.63) is 35.5 Å². The van der Waals surface area contributed by atoms with Crippen LogP contribution in [0.1, 0.15) is 0 Å². The van der Waals surface area contributed by atoms with Crippen LogP contribution in [-0.4, -0.2) is 13.2 Å². The summed E-state index contributed by atoms with van der Waals surface area (Å²) in [5.41, 5.74) is -0.873. The van der Waals surface area contributed by atoms with Crippen molar-refractivity contribution in [1.82, 2.24) is 5.32 Å². The van der Waals surface area contributed by atoms with Crippen LogP contribution < -0.4 is 5.32 Å². The largest absolute Gasteiger partial charge is 0.417 e. The van der Waals surface area contributed by atoms with Crippen LogP contribution in [-0.2, 0) is 0 Å². The van der Waals surface area contributed by atoms with Crippen LogP contribution >= 0.6 is 11.6 Å². The molecule has 0 aromatic carbocycles. The van der Waals surface area contributed by atoms with Crippen LogP contribution in [0, 0.1) is 0 Å². The van der Waals surface area contributed by atoms with Crippen molar-refractivity contribution in [2.24, 2.45) is 0 Å². The van der Waals surface area contributed by atoms with E-state index in [4.69, 9.17) is 11.6 Å². The zero-order chi connectivity index (χ0) is 10.6. The first kappa shape index (κ1) is 12.1. The average Bonchev–Trinajstić information content (AvgIpc) is 1.96. The lowest BCUT2D eigenvalue weighted by Gasteiger charge is -2.10. The van der Waals surface area contributed by atoms with Gasteiger partial charge >= 0.3 is 6.18 Å². The van der Waals surface area contributed by atoms with Gasteiger partial charge < -0.3 is 5.32 Å². The fourth-order valence-corrected chi connectivity index (χ4v) is 0.722. The summed E-state index contributed by atoms with van der Waals surface area (Å²) >= 11 is 5.18. The molecule has 0 aliphatic heterocycles. The van der Waals surface area contributed by atoms with Crippen LogP contribution in [0.15, 0.2) is 35.5 Å². The summed E-state index contributed by atoms with van der Waals surface area (Å²) in [4.78, 5) is 0. The molecule has 5 heteroatoms. The van der Waals surface area contributed by atoms with Crippen LogP contribution in [0.2, 0.25) is 0 Å².